The van der Waals surface area contributed by atoms with Gasteiger partial charge < -0.3 is 0 Å². The van der Waals surface area contributed by atoms with Crippen molar-refractivity contribution in [2.75, 3.05) is 0 Å². The SMILES string of the molecule is C=C/C=C\C(=C/C)C(=O)C1C(=O)CCc2ccccc21.CC.CC. The molecule has 1 atom stereocenters. The quantitative estimate of drug-likeness (QED) is 0.410. The van der Waals surface area contributed by atoms with E-state index in [4.69, 9.17) is 0 Å². The lowest BCUT2D eigenvalue weighted by molar-refractivity contribution is -0.127. The van der Waals surface area contributed by atoms with Gasteiger partial charge in [0.2, 0.25) is 0 Å². The fourth-order valence-electron chi connectivity index (χ4n) is 2.57. The van der Waals surface area contributed by atoms with Crippen molar-refractivity contribution in [2.45, 2.75) is 53.4 Å². The molecule has 0 radical (unpaired) electrons. The summed E-state index contributed by atoms with van der Waals surface area (Å²) in [6, 6.07) is 7.72. The Bertz CT molecular complexity index is 606. The third-order valence-electron chi connectivity index (χ3n) is 3.60. The van der Waals surface area contributed by atoms with Gasteiger partial charge in [-0.1, -0.05) is 82.8 Å². The van der Waals surface area contributed by atoms with Crippen molar-refractivity contribution in [3.05, 3.63) is 71.8 Å². The molecule has 1 aromatic carbocycles. The monoisotopic (exact) mass is 326 g/mol. The largest absolute Gasteiger partial charge is 0.298 e. The second-order valence-electron chi connectivity index (χ2n) is 4.80. The van der Waals surface area contributed by atoms with Crippen LogP contribution in [0, 0.1) is 0 Å². The first kappa shape index (κ1) is 21.8. The van der Waals surface area contributed by atoms with E-state index in [2.05, 4.69) is 6.58 Å². The molecule has 1 aliphatic carbocycles. The van der Waals surface area contributed by atoms with E-state index in [-0.39, 0.29) is 11.6 Å². The number of hydrogen-bond donors (Lipinski definition) is 0. The van der Waals surface area contributed by atoms with Crippen molar-refractivity contribution in [3.8, 4) is 0 Å². The summed E-state index contributed by atoms with van der Waals surface area (Å²) in [7, 11) is 0. The summed E-state index contributed by atoms with van der Waals surface area (Å²) in [4.78, 5) is 24.8. The van der Waals surface area contributed by atoms with Gasteiger partial charge >= 0.3 is 0 Å². The van der Waals surface area contributed by atoms with Crippen molar-refractivity contribution in [3.63, 3.8) is 0 Å². The Balaban J connectivity index is 0.00000123. The van der Waals surface area contributed by atoms with Crippen LogP contribution in [-0.2, 0) is 16.0 Å². The third kappa shape index (κ3) is 5.45. The van der Waals surface area contributed by atoms with Gasteiger partial charge in [-0.25, -0.2) is 0 Å². The Labute approximate surface area is 147 Å². The Morgan fingerprint density at radius 1 is 1.12 bits per heavy atom. The number of carbonyl (C=O) groups is 2. The number of fused-ring (bicyclic) bond motifs is 1. The first-order chi connectivity index (χ1) is 11.7. The van der Waals surface area contributed by atoms with Crippen molar-refractivity contribution in [2.24, 2.45) is 0 Å². The summed E-state index contributed by atoms with van der Waals surface area (Å²) in [5, 5.41) is 0. The highest BCUT2D eigenvalue weighted by atomic mass is 16.2. The molecular weight excluding hydrogens is 296 g/mol. The van der Waals surface area contributed by atoms with Crippen LogP contribution < -0.4 is 0 Å². The summed E-state index contributed by atoms with van der Waals surface area (Å²) in [6.45, 7) is 13.4. The molecular formula is C22H30O2. The molecule has 1 aromatic rings. The zero-order valence-electron chi connectivity index (χ0n) is 15.6. The van der Waals surface area contributed by atoms with Crippen LogP contribution in [0.5, 0.6) is 0 Å². The van der Waals surface area contributed by atoms with Gasteiger partial charge in [-0.2, -0.15) is 0 Å². The van der Waals surface area contributed by atoms with E-state index < -0.39 is 5.92 Å². The minimum absolute atomic E-state index is 0.0139. The van der Waals surface area contributed by atoms with Crippen LogP contribution in [0.1, 0.15) is 58.1 Å². The smallest absolute Gasteiger partial charge is 0.177 e. The molecule has 0 fully saturated rings. The summed E-state index contributed by atoms with van der Waals surface area (Å²) in [6.07, 6.45) is 7.95. The van der Waals surface area contributed by atoms with Crippen molar-refractivity contribution in [1.29, 1.82) is 0 Å². The van der Waals surface area contributed by atoms with E-state index in [0.29, 0.717) is 12.0 Å². The van der Waals surface area contributed by atoms with Crippen molar-refractivity contribution < 1.29 is 9.59 Å². The predicted molar refractivity (Wildman–Crippen MR) is 103 cm³/mol. The number of rotatable bonds is 4. The molecule has 0 bridgehead atoms. The van der Waals surface area contributed by atoms with Crippen LogP contribution in [0.4, 0.5) is 0 Å². The van der Waals surface area contributed by atoms with E-state index in [0.717, 1.165) is 17.5 Å². The van der Waals surface area contributed by atoms with Gasteiger partial charge in [-0.3, -0.25) is 9.59 Å². The number of carbonyl (C=O) groups excluding carboxylic acids is 2. The maximum Gasteiger partial charge on any atom is 0.177 e. The molecule has 0 amide bonds. The van der Waals surface area contributed by atoms with Gasteiger partial charge in [0, 0.05) is 12.0 Å². The highest BCUT2D eigenvalue weighted by molar-refractivity contribution is 6.16. The molecule has 130 valence electrons. The Morgan fingerprint density at radius 3 is 2.33 bits per heavy atom. The second kappa shape index (κ2) is 12.2. The zero-order valence-corrected chi connectivity index (χ0v) is 15.6. The standard InChI is InChI=1S/C18H18O2.2C2H6/c1-3-5-8-13(4-2)18(20)17-15-10-7-6-9-14(15)11-12-16(17)19;2*1-2/h3-10,17H,1,11-12H2,2H3;2*1-2H3/b8-5-,13-4+;;. The maximum atomic E-state index is 12.6. The van der Waals surface area contributed by atoms with Gasteiger partial charge in [-0.05, 0) is 24.5 Å². The number of benzene rings is 1. The van der Waals surface area contributed by atoms with E-state index in [1.807, 2.05) is 52.0 Å². The fourth-order valence-corrected chi connectivity index (χ4v) is 2.57. The molecule has 0 saturated carbocycles. The van der Waals surface area contributed by atoms with Gasteiger partial charge in [0.05, 0.1) is 0 Å². The molecule has 1 unspecified atom stereocenters. The van der Waals surface area contributed by atoms with Crippen LogP contribution in [0.25, 0.3) is 0 Å². The Hall–Kier alpha value is -2.22. The fraction of sp³-hybridized carbons (Fsp3) is 0.364. The zero-order chi connectivity index (χ0) is 18.5. The summed E-state index contributed by atoms with van der Waals surface area (Å²) in [5.41, 5.74) is 2.52. The molecule has 2 heteroatoms. The van der Waals surface area contributed by atoms with Gasteiger partial charge in [0.15, 0.2) is 5.78 Å². The van der Waals surface area contributed by atoms with Crippen LogP contribution in [0.15, 0.2) is 60.7 Å². The molecule has 24 heavy (non-hydrogen) atoms. The summed E-state index contributed by atoms with van der Waals surface area (Å²) in [5.74, 6) is -0.761. The lowest BCUT2D eigenvalue weighted by Gasteiger charge is -2.23. The molecule has 1 aliphatic rings. The average Bonchev–Trinajstić information content (AvgIpc) is 2.65. The second-order valence-corrected chi connectivity index (χ2v) is 4.80. The van der Waals surface area contributed by atoms with E-state index in [1.165, 1.54) is 0 Å². The number of aryl methyl sites for hydroxylation is 1. The third-order valence-corrected chi connectivity index (χ3v) is 3.60. The minimum Gasteiger partial charge on any atom is -0.298 e. The topological polar surface area (TPSA) is 34.1 Å². The van der Waals surface area contributed by atoms with E-state index in [9.17, 15) is 9.59 Å². The number of Topliss-reactive ketones (excluding diaryl/α,β-unsaturated/α-hetero) is 2. The van der Waals surface area contributed by atoms with Gasteiger partial charge in [0.1, 0.15) is 11.7 Å². The Morgan fingerprint density at radius 2 is 1.75 bits per heavy atom. The first-order valence-electron chi connectivity index (χ1n) is 8.79. The number of allylic oxidation sites excluding steroid dienone is 5. The van der Waals surface area contributed by atoms with Crippen molar-refractivity contribution >= 4 is 11.6 Å². The molecule has 0 N–H and O–H groups in total. The lowest BCUT2D eigenvalue weighted by atomic mass is 9.78. The molecule has 0 aromatic heterocycles. The highest BCUT2D eigenvalue weighted by Crippen LogP contribution is 2.31. The van der Waals surface area contributed by atoms with E-state index in [1.54, 1.807) is 31.2 Å². The van der Waals surface area contributed by atoms with Crippen LogP contribution in [0.3, 0.4) is 0 Å². The molecule has 2 nitrogen and oxygen atoms in total. The lowest BCUT2D eigenvalue weighted by Crippen LogP contribution is -2.28. The van der Waals surface area contributed by atoms with E-state index >= 15 is 0 Å². The Kier molecular flexibility index (Phi) is 11.1. The molecule has 2 rings (SSSR count). The van der Waals surface area contributed by atoms with Crippen LogP contribution in [0.2, 0.25) is 0 Å². The molecule has 0 spiro atoms. The number of ketones is 2. The minimum atomic E-state index is -0.652. The molecule has 0 saturated heterocycles. The average molecular weight is 326 g/mol. The number of hydrogen-bond acceptors (Lipinski definition) is 2. The maximum absolute atomic E-state index is 12.6. The highest BCUT2D eigenvalue weighted by Gasteiger charge is 2.33. The van der Waals surface area contributed by atoms with Crippen LogP contribution in [-0.4, -0.2) is 11.6 Å². The molecule has 0 aliphatic heterocycles. The van der Waals surface area contributed by atoms with Crippen LogP contribution >= 0.6 is 0 Å². The first-order valence-corrected chi connectivity index (χ1v) is 8.79. The predicted octanol–water partition coefficient (Wildman–Crippen LogP) is 5.60. The van der Waals surface area contributed by atoms with Crippen molar-refractivity contribution in [1.82, 2.24) is 0 Å². The van der Waals surface area contributed by atoms with Gasteiger partial charge in [-0.15, -0.1) is 0 Å². The summed E-state index contributed by atoms with van der Waals surface area (Å²) < 4.78 is 0. The summed E-state index contributed by atoms with van der Waals surface area (Å²) >= 11 is 0. The van der Waals surface area contributed by atoms with Gasteiger partial charge in [0.25, 0.3) is 0 Å². The normalized spacial score (nSPS) is 16.3. The molecule has 0 heterocycles.